The molecule has 0 saturated heterocycles. The summed E-state index contributed by atoms with van der Waals surface area (Å²) in [6.45, 7) is 1.60. The largest absolute Gasteiger partial charge is 0.496 e. The van der Waals surface area contributed by atoms with Crippen LogP contribution in [0.5, 0.6) is 5.75 Å². The fraction of sp³-hybridized carbons (Fsp3) is 0.300. The molecule has 1 rings (SSSR count). The van der Waals surface area contributed by atoms with Crippen LogP contribution in [-0.4, -0.2) is 13.2 Å². The lowest BCUT2D eigenvalue weighted by Gasteiger charge is -2.12. The molecule has 0 aromatic heterocycles. The molecule has 0 saturated carbocycles. The number of methoxy groups -OCH3 is 1. The number of nitrogens with zero attached hydrogens (tertiary/aromatic N) is 1. The van der Waals surface area contributed by atoms with E-state index >= 15 is 0 Å². The molecular weight excluding hydrogens is 265 g/mol. The van der Waals surface area contributed by atoms with Crippen LogP contribution in [0.2, 0.25) is 0 Å². The molecule has 5 heteroatoms. The molecule has 0 fully saturated rings. The molecule has 0 aliphatic rings. The van der Waals surface area contributed by atoms with Gasteiger partial charge in [-0.25, -0.2) is 9.18 Å². The highest BCUT2D eigenvalue weighted by Gasteiger charge is 2.16. The summed E-state index contributed by atoms with van der Waals surface area (Å²) in [5.41, 5.74) is 0.254. The Morgan fingerprint density at radius 2 is 2.27 bits per heavy atom. The van der Waals surface area contributed by atoms with Crippen LogP contribution in [0.1, 0.15) is 18.5 Å². The zero-order valence-electron chi connectivity index (χ0n) is 8.25. The van der Waals surface area contributed by atoms with E-state index in [0.29, 0.717) is 10.2 Å². The van der Waals surface area contributed by atoms with Crippen molar-refractivity contribution in [1.82, 2.24) is 0 Å². The van der Waals surface area contributed by atoms with Gasteiger partial charge < -0.3 is 4.74 Å². The van der Waals surface area contributed by atoms with Crippen molar-refractivity contribution >= 4 is 22.0 Å². The summed E-state index contributed by atoms with van der Waals surface area (Å²) in [6.07, 6.45) is 1.40. The van der Waals surface area contributed by atoms with Gasteiger partial charge >= 0.3 is 0 Å². The van der Waals surface area contributed by atoms with Gasteiger partial charge in [-0.2, -0.15) is 4.99 Å². The predicted octanol–water partition coefficient (Wildman–Crippen LogP) is 2.99. The van der Waals surface area contributed by atoms with E-state index in [-0.39, 0.29) is 5.56 Å². The van der Waals surface area contributed by atoms with Crippen molar-refractivity contribution < 1.29 is 13.9 Å². The highest BCUT2D eigenvalue weighted by atomic mass is 79.9. The van der Waals surface area contributed by atoms with E-state index in [4.69, 9.17) is 4.74 Å². The third-order valence-electron chi connectivity index (χ3n) is 1.94. The molecule has 0 aliphatic heterocycles. The number of ether oxygens (including phenoxy) is 1. The van der Waals surface area contributed by atoms with Gasteiger partial charge in [-0.3, -0.25) is 0 Å². The molecule has 1 aromatic rings. The van der Waals surface area contributed by atoms with Crippen LogP contribution < -0.4 is 4.74 Å². The summed E-state index contributed by atoms with van der Waals surface area (Å²) in [6, 6.07) is 2.31. The Bertz CT molecular complexity index is 416. The summed E-state index contributed by atoms with van der Waals surface area (Å²) < 4.78 is 19.2. The first-order valence-electron chi connectivity index (χ1n) is 4.20. The van der Waals surface area contributed by atoms with Gasteiger partial charge in [-0.1, -0.05) is 15.9 Å². The molecule has 0 amide bonds. The molecule has 1 aromatic carbocycles. The first-order chi connectivity index (χ1) is 7.10. The number of halogens is 2. The Balaban J connectivity index is 3.31. The van der Waals surface area contributed by atoms with Gasteiger partial charge in [0.15, 0.2) is 0 Å². The molecule has 0 radical (unpaired) electrons. The van der Waals surface area contributed by atoms with E-state index in [2.05, 4.69) is 20.9 Å². The third-order valence-corrected chi connectivity index (χ3v) is 2.40. The minimum atomic E-state index is -0.606. The number of rotatable bonds is 3. The molecule has 0 spiro atoms. The second kappa shape index (κ2) is 5.05. The zero-order chi connectivity index (χ0) is 11.4. The lowest BCUT2D eigenvalue weighted by atomic mass is 10.1. The minimum absolute atomic E-state index is 0.254. The topological polar surface area (TPSA) is 38.7 Å². The molecule has 0 aliphatic carbocycles. The van der Waals surface area contributed by atoms with E-state index in [1.54, 1.807) is 13.0 Å². The molecule has 15 heavy (non-hydrogen) atoms. The van der Waals surface area contributed by atoms with E-state index in [1.165, 1.54) is 19.3 Å². The van der Waals surface area contributed by atoms with Crippen LogP contribution >= 0.6 is 15.9 Å². The normalized spacial score (nSPS) is 11.7. The van der Waals surface area contributed by atoms with Gasteiger partial charge in [0, 0.05) is 4.47 Å². The van der Waals surface area contributed by atoms with E-state index in [1.807, 2.05) is 0 Å². The molecular formula is C10H9BrFNO2. The maximum absolute atomic E-state index is 13.6. The van der Waals surface area contributed by atoms with Crippen LogP contribution in [0.4, 0.5) is 4.39 Å². The molecule has 0 heterocycles. The summed E-state index contributed by atoms with van der Waals surface area (Å²) in [4.78, 5) is 13.6. The number of benzene rings is 1. The Kier molecular flexibility index (Phi) is 4.00. The van der Waals surface area contributed by atoms with Crippen LogP contribution in [0.25, 0.3) is 0 Å². The van der Waals surface area contributed by atoms with Crippen LogP contribution in [0.3, 0.4) is 0 Å². The lowest BCUT2D eigenvalue weighted by Crippen LogP contribution is -1.99. The molecule has 3 nitrogen and oxygen atoms in total. The van der Waals surface area contributed by atoms with Crippen molar-refractivity contribution in [3.05, 3.63) is 28.0 Å². The van der Waals surface area contributed by atoms with Gasteiger partial charge in [-0.05, 0) is 19.1 Å². The quantitative estimate of drug-likeness (QED) is 0.627. The Hall–Kier alpha value is -1.19. The second-order valence-electron chi connectivity index (χ2n) is 2.90. The predicted molar refractivity (Wildman–Crippen MR) is 57.2 cm³/mol. The van der Waals surface area contributed by atoms with Gasteiger partial charge in [0.25, 0.3) is 0 Å². The lowest BCUT2D eigenvalue weighted by molar-refractivity contribution is 0.400. The van der Waals surface area contributed by atoms with Gasteiger partial charge in [0.1, 0.15) is 11.6 Å². The van der Waals surface area contributed by atoms with Crippen molar-refractivity contribution in [2.75, 3.05) is 7.11 Å². The second-order valence-corrected chi connectivity index (χ2v) is 3.82. The summed E-state index contributed by atoms with van der Waals surface area (Å²) in [5, 5.41) is 0. The average molecular weight is 274 g/mol. The Labute approximate surface area is 95.1 Å². The van der Waals surface area contributed by atoms with Crippen molar-refractivity contribution in [3.63, 3.8) is 0 Å². The molecule has 1 unspecified atom stereocenters. The first kappa shape index (κ1) is 11.9. The summed E-state index contributed by atoms with van der Waals surface area (Å²) in [7, 11) is 1.43. The van der Waals surface area contributed by atoms with Crippen LogP contribution in [-0.2, 0) is 4.79 Å². The van der Waals surface area contributed by atoms with Crippen molar-refractivity contribution in [2.24, 2.45) is 4.99 Å². The first-order valence-corrected chi connectivity index (χ1v) is 4.99. The third kappa shape index (κ3) is 2.64. The van der Waals surface area contributed by atoms with Gasteiger partial charge in [-0.15, -0.1) is 0 Å². The fourth-order valence-electron chi connectivity index (χ4n) is 1.28. The highest BCUT2D eigenvalue weighted by Crippen LogP contribution is 2.32. The number of hydrogen-bond donors (Lipinski definition) is 0. The van der Waals surface area contributed by atoms with Crippen LogP contribution in [0, 0.1) is 5.82 Å². The SMILES string of the molecule is COc1cc(Br)cc(F)c1C(C)N=C=O. The van der Waals surface area contributed by atoms with E-state index < -0.39 is 11.9 Å². The standard InChI is InChI=1S/C10H9BrFNO2/c1-6(13-5-14)10-8(12)3-7(11)4-9(10)15-2/h3-4,6H,1-2H3. The van der Waals surface area contributed by atoms with Crippen molar-refractivity contribution in [1.29, 1.82) is 0 Å². The number of aliphatic imine (C=N–C) groups is 1. The fourth-order valence-corrected chi connectivity index (χ4v) is 1.69. The maximum atomic E-state index is 13.6. The molecule has 0 bridgehead atoms. The van der Waals surface area contributed by atoms with Gasteiger partial charge in [0.05, 0.1) is 18.7 Å². The smallest absolute Gasteiger partial charge is 0.235 e. The number of hydrogen-bond acceptors (Lipinski definition) is 3. The minimum Gasteiger partial charge on any atom is -0.496 e. The Morgan fingerprint density at radius 1 is 1.60 bits per heavy atom. The van der Waals surface area contributed by atoms with Crippen LogP contribution in [0.15, 0.2) is 21.6 Å². The highest BCUT2D eigenvalue weighted by molar-refractivity contribution is 9.10. The number of isocyanates is 1. The maximum Gasteiger partial charge on any atom is 0.235 e. The Morgan fingerprint density at radius 3 is 2.80 bits per heavy atom. The zero-order valence-corrected chi connectivity index (χ0v) is 9.84. The molecule has 0 N–H and O–H groups in total. The summed E-state index contributed by atoms with van der Waals surface area (Å²) >= 11 is 3.15. The van der Waals surface area contributed by atoms with Crippen molar-refractivity contribution in [2.45, 2.75) is 13.0 Å². The van der Waals surface area contributed by atoms with E-state index in [0.717, 1.165) is 0 Å². The van der Waals surface area contributed by atoms with Gasteiger partial charge in [0.2, 0.25) is 6.08 Å². The van der Waals surface area contributed by atoms with E-state index in [9.17, 15) is 9.18 Å². The monoisotopic (exact) mass is 273 g/mol. The average Bonchev–Trinajstić information content (AvgIpc) is 2.16. The molecule has 1 atom stereocenters. The van der Waals surface area contributed by atoms with Crippen molar-refractivity contribution in [3.8, 4) is 5.75 Å². The molecule has 80 valence electrons. The number of carbonyl (C=O) groups excluding carboxylic acids is 1. The summed E-state index contributed by atoms with van der Waals surface area (Å²) in [5.74, 6) is -0.110.